The van der Waals surface area contributed by atoms with Crippen LogP contribution in [0.2, 0.25) is 0 Å². The largest absolute Gasteiger partial charge is 0.489 e. The lowest BCUT2D eigenvalue weighted by atomic mass is 10.0. The highest BCUT2D eigenvalue weighted by Crippen LogP contribution is 2.33. The Morgan fingerprint density at radius 3 is 2.60 bits per heavy atom. The number of rotatable bonds is 7. The summed E-state index contributed by atoms with van der Waals surface area (Å²) in [7, 11) is 0. The van der Waals surface area contributed by atoms with Crippen molar-refractivity contribution in [3.63, 3.8) is 0 Å². The van der Waals surface area contributed by atoms with Gasteiger partial charge in [0, 0.05) is 24.1 Å². The number of fused-ring (bicyclic) bond motifs is 1. The summed E-state index contributed by atoms with van der Waals surface area (Å²) in [5.41, 5.74) is 3.60. The average Bonchev–Trinajstić information content (AvgIpc) is 3.08. The zero-order valence-electron chi connectivity index (χ0n) is 16.9. The van der Waals surface area contributed by atoms with Crippen LogP contribution in [0.15, 0.2) is 42.5 Å². The van der Waals surface area contributed by atoms with Crippen LogP contribution in [0.1, 0.15) is 46.8 Å². The molecule has 2 aromatic rings. The predicted octanol–water partition coefficient (Wildman–Crippen LogP) is 2.14. The Kier molecular flexibility index (Phi) is 5.81. The van der Waals surface area contributed by atoms with E-state index in [2.05, 4.69) is 29.7 Å². The Bertz CT molecular complexity index is 971. The lowest BCUT2D eigenvalue weighted by molar-refractivity contribution is -0.136. The van der Waals surface area contributed by atoms with Gasteiger partial charge in [-0.3, -0.25) is 19.7 Å². The fourth-order valence-electron chi connectivity index (χ4n) is 3.88. The van der Waals surface area contributed by atoms with E-state index in [9.17, 15) is 14.4 Å². The minimum absolute atomic E-state index is 0.197. The monoisotopic (exact) mass is 407 g/mol. The molecule has 1 fully saturated rings. The first kappa shape index (κ1) is 20.1. The molecule has 1 unspecified atom stereocenters. The van der Waals surface area contributed by atoms with Gasteiger partial charge in [0.15, 0.2) is 0 Å². The molecule has 2 aliphatic heterocycles. The van der Waals surface area contributed by atoms with Gasteiger partial charge in [0.05, 0.1) is 6.54 Å². The van der Waals surface area contributed by atoms with Gasteiger partial charge >= 0.3 is 0 Å². The molecule has 3 amide bonds. The van der Waals surface area contributed by atoms with Crippen LogP contribution in [-0.4, -0.2) is 35.2 Å². The first-order valence-electron chi connectivity index (χ1n) is 10.2. The third-order valence-corrected chi connectivity index (χ3v) is 5.54. The Morgan fingerprint density at radius 1 is 1.10 bits per heavy atom. The summed E-state index contributed by atoms with van der Waals surface area (Å²) in [6.07, 6.45) is 0.587. The number of carbonyl (C=O) groups is 3. The van der Waals surface area contributed by atoms with Gasteiger partial charge in [0.25, 0.3) is 5.91 Å². The van der Waals surface area contributed by atoms with Gasteiger partial charge in [-0.25, -0.2) is 0 Å². The van der Waals surface area contributed by atoms with E-state index in [4.69, 9.17) is 4.74 Å². The van der Waals surface area contributed by atoms with Gasteiger partial charge in [-0.15, -0.1) is 0 Å². The number of nitrogens with zero attached hydrogens (tertiary/aromatic N) is 1. The zero-order chi connectivity index (χ0) is 21.1. The van der Waals surface area contributed by atoms with E-state index in [1.807, 2.05) is 18.2 Å². The summed E-state index contributed by atoms with van der Waals surface area (Å²) in [4.78, 5) is 38.0. The maximum atomic E-state index is 12.9. The molecule has 1 saturated heterocycles. The first-order chi connectivity index (χ1) is 14.6. The SMILES string of the molecule is CCNCc1ccc(COc2cccc3c2CN(C2CCC(=O)NC2=O)C3=O)cc1. The maximum Gasteiger partial charge on any atom is 0.255 e. The number of benzene rings is 2. The number of hydrogen-bond acceptors (Lipinski definition) is 5. The van der Waals surface area contributed by atoms with E-state index < -0.39 is 11.9 Å². The summed E-state index contributed by atoms with van der Waals surface area (Å²) in [5, 5.41) is 5.62. The van der Waals surface area contributed by atoms with Crippen molar-refractivity contribution in [1.82, 2.24) is 15.5 Å². The van der Waals surface area contributed by atoms with Crippen LogP contribution in [0, 0.1) is 0 Å². The summed E-state index contributed by atoms with van der Waals surface area (Å²) in [6, 6.07) is 13.0. The van der Waals surface area contributed by atoms with Crippen molar-refractivity contribution >= 4 is 17.7 Å². The van der Waals surface area contributed by atoms with E-state index in [0.717, 1.165) is 24.2 Å². The molecular formula is C23H25N3O4. The highest BCUT2D eigenvalue weighted by atomic mass is 16.5. The normalized spacial score (nSPS) is 18.4. The molecular weight excluding hydrogens is 382 g/mol. The molecule has 0 aromatic heterocycles. The van der Waals surface area contributed by atoms with Crippen molar-refractivity contribution in [2.75, 3.05) is 6.54 Å². The molecule has 7 nitrogen and oxygen atoms in total. The van der Waals surface area contributed by atoms with Crippen LogP contribution < -0.4 is 15.4 Å². The van der Waals surface area contributed by atoms with Gasteiger partial charge in [-0.05, 0) is 36.2 Å². The fourth-order valence-corrected chi connectivity index (χ4v) is 3.88. The Balaban J connectivity index is 1.45. The molecule has 2 aromatic carbocycles. The number of amides is 3. The fraction of sp³-hybridized carbons (Fsp3) is 0.348. The molecule has 156 valence electrons. The van der Waals surface area contributed by atoms with Crippen LogP contribution in [-0.2, 0) is 29.3 Å². The molecule has 4 rings (SSSR count). The average molecular weight is 407 g/mol. The Labute approximate surface area is 175 Å². The van der Waals surface area contributed by atoms with Crippen LogP contribution in [0.3, 0.4) is 0 Å². The van der Waals surface area contributed by atoms with E-state index in [-0.39, 0.29) is 18.2 Å². The van der Waals surface area contributed by atoms with Gasteiger partial charge < -0.3 is 15.0 Å². The number of piperidine rings is 1. The van der Waals surface area contributed by atoms with E-state index in [0.29, 0.717) is 30.9 Å². The molecule has 7 heteroatoms. The lowest BCUT2D eigenvalue weighted by Crippen LogP contribution is -2.52. The van der Waals surface area contributed by atoms with Crippen LogP contribution in [0.4, 0.5) is 0 Å². The van der Waals surface area contributed by atoms with Gasteiger partial charge in [-0.1, -0.05) is 37.3 Å². The molecule has 0 radical (unpaired) electrons. The number of carbonyl (C=O) groups excluding carboxylic acids is 3. The summed E-state index contributed by atoms with van der Waals surface area (Å²) in [5.74, 6) is -0.251. The van der Waals surface area contributed by atoms with Crippen molar-refractivity contribution in [3.05, 3.63) is 64.7 Å². The quantitative estimate of drug-likeness (QED) is 0.687. The highest BCUT2D eigenvalue weighted by Gasteiger charge is 2.40. The van der Waals surface area contributed by atoms with Crippen molar-refractivity contribution in [1.29, 1.82) is 0 Å². The third kappa shape index (κ3) is 4.07. The smallest absolute Gasteiger partial charge is 0.255 e. The first-order valence-corrected chi connectivity index (χ1v) is 10.2. The summed E-state index contributed by atoms with van der Waals surface area (Å²) in [6.45, 7) is 4.54. The van der Waals surface area contributed by atoms with Gasteiger partial charge in [0.2, 0.25) is 11.8 Å². The predicted molar refractivity (Wildman–Crippen MR) is 111 cm³/mol. The molecule has 1 atom stereocenters. The minimum Gasteiger partial charge on any atom is -0.489 e. The van der Waals surface area contributed by atoms with Crippen molar-refractivity contribution in [2.24, 2.45) is 0 Å². The third-order valence-electron chi connectivity index (χ3n) is 5.54. The van der Waals surface area contributed by atoms with Gasteiger partial charge in [0.1, 0.15) is 18.4 Å². The van der Waals surface area contributed by atoms with Crippen LogP contribution in [0.25, 0.3) is 0 Å². The second kappa shape index (κ2) is 8.67. The van der Waals surface area contributed by atoms with Crippen molar-refractivity contribution in [3.8, 4) is 5.75 Å². The Hall–Kier alpha value is -3.19. The molecule has 0 spiro atoms. The number of nitrogens with one attached hydrogen (secondary N) is 2. The molecule has 2 N–H and O–H groups in total. The number of imide groups is 1. The summed E-state index contributed by atoms with van der Waals surface area (Å²) >= 11 is 0. The van der Waals surface area contributed by atoms with E-state index >= 15 is 0 Å². The lowest BCUT2D eigenvalue weighted by Gasteiger charge is -2.29. The Morgan fingerprint density at radius 2 is 1.87 bits per heavy atom. The molecule has 30 heavy (non-hydrogen) atoms. The molecule has 0 bridgehead atoms. The second-order valence-corrected chi connectivity index (χ2v) is 7.57. The number of hydrogen-bond donors (Lipinski definition) is 2. The molecule has 0 aliphatic carbocycles. The summed E-state index contributed by atoms with van der Waals surface area (Å²) < 4.78 is 6.03. The highest BCUT2D eigenvalue weighted by molar-refractivity contribution is 6.05. The molecule has 2 heterocycles. The molecule has 0 saturated carbocycles. The zero-order valence-corrected chi connectivity index (χ0v) is 16.9. The van der Waals surface area contributed by atoms with E-state index in [1.165, 1.54) is 10.5 Å². The van der Waals surface area contributed by atoms with Crippen molar-refractivity contribution in [2.45, 2.75) is 45.5 Å². The topological polar surface area (TPSA) is 87.7 Å². The number of ether oxygens (including phenoxy) is 1. The van der Waals surface area contributed by atoms with Crippen LogP contribution in [0.5, 0.6) is 5.75 Å². The minimum atomic E-state index is -0.625. The maximum absolute atomic E-state index is 12.9. The standard InChI is InChI=1S/C23H25N3O4/c1-2-24-12-15-6-8-16(9-7-15)14-30-20-5-3-4-17-18(20)13-26(23(17)29)19-10-11-21(27)25-22(19)28/h3-9,19,24H,2,10-14H2,1H3,(H,25,27,28). The van der Waals surface area contributed by atoms with E-state index in [1.54, 1.807) is 12.1 Å². The second-order valence-electron chi connectivity index (χ2n) is 7.57. The van der Waals surface area contributed by atoms with Gasteiger partial charge in [-0.2, -0.15) is 0 Å². The van der Waals surface area contributed by atoms with Crippen LogP contribution >= 0.6 is 0 Å². The van der Waals surface area contributed by atoms with Crippen molar-refractivity contribution < 1.29 is 19.1 Å². The molecule has 2 aliphatic rings.